The van der Waals surface area contributed by atoms with Gasteiger partial charge in [-0.1, -0.05) is 41.7 Å². The van der Waals surface area contributed by atoms with Gasteiger partial charge in [0.15, 0.2) is 3.95 Å². The standard InChI is InChI=1S/C17H11N3O2S2/c21-15-11-8-4-5-9-12(11)20-14(19-15)13(24-17(20)23)16(22)18-10-6-2-1-3-7-10/h1-9H,(H,18,22)(H,19,21). The van der Waals surface area contributed by atoms with Crippen LogP contribution in [0.3, 0.4) is 0 Å². The number of fused-ring (bicyclic) bond motifs is 3. The van der Waals surface area contributed by atoms with Crippen molar-refractivity contribution in [3.63, 3.8) is 0 Å². The zero-order valence-electron chi connectivity index (χ0n) is 12.3. The first-order chi connectivity index (χ1) is 11.6. The van der Waals surface area contributed by atoms with Gasteiger partial charge in [-0.25, -0.2) is 0 Å². The van der Waals surface area contributed by atoms with E-state index in [-0.39, 0.29) is 11.5 Å². The summed E-state index contributed by atoms with van der Waals surface area (Å²) in [4.78, 5) is 28.1. The number of aromatic amines is 1. The smallest absolute Gasteiger partial charge is 0.269 e. The predicted octanol–water partition coefficient (Wildman–Crippen LogP) is 3.82. The minimum absolute atomic E-state index is 0.243. The number of aromatic nitrogens is 2. The summed E-state index contributed by atoms with van der Waals surface area (Å²) < 4.78 is 2.24. The molecule has 5 nitrogen and oxygen atoms in total. The molecule has 7 heteroatoms. The van der Waals surface area contributed by atoms with Gasteiger partial charge < -0.3 is 10.3 Å². The predicted molar refractivity (Wildman–Crippen MR) is 98.6 cm³/mol. The van der Waals surface area contributed by atoms with Crippen molar-refractivity contribution in [1.82, 2.24) is 9.38 Å². The van der Waals surface area contributed by atoms with Crippen molar-refractivity contribution in [2.24, 2.45) is 0 Å². The zero-order chi connectivity index (χ0) is 16.7. The minimum atomic E-state index is -0.300. The SMILES string of the molecule is O=C(Nc1ccccc1)c1sc(=S)n2c1[nH]c(=O)c1ccccc12. The Morgan fingerprint density at radius 1 is 1.08 bits per heavy atom. The van der Waals surface area contributed by atoms with E-state index in [0.717, 1.165) is 0 Å². The molecule has 24 heavy (non-hydrogen) atoms. The lowest BCUT2D eigenvalue weighted by molar-refractivity contribution is 0.103. The number of amides is 1. The van der Waals surface area contributed by atoms with E-state index in [1.807, 2.05) is 30.3 Å². The normalized spacial score (nSPS) is 11.0. The number of rotatable bonds is 2. The summed E-state index contributed by atoms with van der Waals surface area (Å²) in [5, 5.41) is 3.36. The number of hydrogen-bond donors (Lipinski definition) is 2. The highest BCUT2D eigenvalue weighted by atomic mass is 32.1. The molecule has 0 fully saturated rings. The molecular weight excluding hydrogens is 342 g/mol. The third kappa shape index (κ3) is 2.34. The monoisotopic (exact) mass is 353 g/mol. The first-order valence-corrected chi connectivity index (χ1v) is 8.40. The van der Waals surface area contributed by atoms with Crippen molar-refractivity contribution < 1.29 is 4.79 Å². The van der Waals surface area contributed by atoms with Crippen LogP contribution in [-0.2, 0) is 0 Å². The lowest BCUT2D eigenvalue weighted by atomic mass is 10.2. The van der Waals surface area contributed by atoms with Gasteiger partial charge in [0.05, 0.1) is 10.9 Å². The molecule has 2 N–H and O–H groups in total. The molecule has 0 aliphatic rings. The third-order valence-electron chi connectivity index (χ3n) is 3.67. The Bertz CT molecular complexity index is 1190. The maximum atomic E-state index is 12.6. The Kier molecular flexibility index (Phi) is 3.51. The van der Waals surface area contributed by atoms with Gasteiger partial charge in [0.1, 0.15) is 10.5 Å². The van der Waals surface area contributed by atoms with Gasteiger partial charge in [0, 0.05) is 5.69 Å². The number of nitrogens with zero attached hydrogens (tertiary/aromatic N) is 1. The molecule has 4 aromatic rings. The van der Waals surface area contributed by atoms with E-state index in [2.05, 4.69) is 10.3 Å². The largest absolute Gasteiger partial charge is 0.321 e. The van der Waals surface area contributed by atoms with E-state index in [1.54, 1.807) is 28.7 Å². The van der Waals surface area contributed by atoms with Crippen LogP contribution in [0.1, 0.15) is 9.67 Å². The number of benzene rings is 2. The van der Waals surface area contributed by atoms with E-state index in [0.29, 0.717) is 31.1 Å². The molecule has 0 atom stereocenters. The fourth-order valence-corrected chi connectivity index (χ4v) is 3.88. The van der Waals surface area contributed by atoms with Gasteiger partial charge in [-0.2, -0.15) is 0 Å². The number of nitrogens with one attached hydrogen (secondary N) is 2. The summed E-state index contributed by atoms with van der Waals surface area (Å²) in [5.41, 5.74) is 1.55. The van der Waals surface area contributed by atoms with Gasteiger partial charge in [0.2, 0.25) is 0 Å². The fourth-order valence-electron chi connectivity index (χ4n) is 2.60. The molecule has 2 aromatic heterocycles. The summed E-state index contributed by atoms with van der Waals surface area (Å²) in [7, 11) is 0. The Morgan fingerprint density at radius 2 is 1.79 bits per heavy atom. The average molecular weight is 353 g/mol. The quantitative estimate of drug-likeness (QED) is 0.538. The van der Waals surface area contributed by atoms with Gasteiger partial charge >= 0.3 is 0 Å². The molecule has 0 aliphatic heterocycles. The molecule has 118 valence electrons. The molecule has 0 saturated carbocycles. The second-order valence-corrected chi connectivity index (χ2v) is 6.82. The summed E-state index contributed by atoms with van der Waals surface area (Å²) in [6, 6.07) is 16.3. The molecule has 0 aliphatic carbocycles. The Hall–Kier alpha value is -2.77. The molecule has 0 bridgehead atoms. The maximum Gasteiger partial charge on any atom is 0.269 e. The third-order valence-corrected chi connectivity index (χ3v) is 5.04. The highest BCUT2D eigenvalue weighted by Gasteiger charge is 2.17. The van der Waals surface area contributed by atoms with Crippen molar-refractivity contribution in [2.45, 2.75) is 0 Å². The van der Waals surface area contributed by atoms with E-state index in [9.17, 15) is 9.59 Å². The molecule has 0 unspecified atom stereocenters. The van der Waals surface area contributed by atoms with Crippen LogP contribution >= 0.6 is 23.6 Å². The molecular formula is C17H11N3O2S2. The van der Waals surface area contributed by atoms with Gasteiger partial charge in [-0.3, -0.25) is 14.0 Å². The van der Waals surface area contributed by atoms with Crippen molar-refractivity contribution in [3.05, 3.63) is 73.8 Å². The number of H-pyrrole nitrogens is 1. The zero-order valence-corrected chi connectivity index (χ0v) is 13.9. The van der Waals surface area contributed by atoms with Crippen molar-refractivity contribution >= 4 is 51.7 Å². The second-order valence-electron chi connectivity index (χ2n) is 5.17. The number of carbonyl (C=O) groups excluding carboxylic acids is 1. The molecule has 0 spiro atoms. The molecule has 4 rings (SSSR count). The summed E-state index contributed by atoms with van der Waals surface area (Å²) in [6.45, 7) is 0. The minimum Gasteiger partial charge on any atom is -0.321 e. The van der Waals surface area contributed by atoms with E-state index >= 15 is 0 Å². The van der Waals surface area contributed by atoms with Crippen molar-refractivity contribution in [2.75, 3.05) is 5.32 Å². The summed E-state index contributed by atoms with van der Waals surface area (Å²) >= 11 is 6.58. The lowest BCUT2D eigenvalue weighted by Gasteiger charge is -2.05. The number of carbonyl (C=O) groups is 1. The van der Waals surface area contributed by atoms with Crippen LogP contribution in [0.2, 0.25) is 0 Å². The van der Waals surface area contributed by atoms with Crippen molar-refractivity contribution in [1.29, 1.82) is 0 Å². The Labute approximate surface area is 145 Å². The summed E-state index contributed by atoms with van der Waals surface area (Å²) in [6.07, 6.45) is 0. The van der Waals surface area contributed by atoms with Crippen LogP contribution < -0.4 is 10.9 Å². The average Bonchev–Trinajstić information content (AvgIpc) is 2.93. The number of hydrogen-bond acceptors (Lipinski definition) is 4. The molecule has 2 aromatic carbocycles. The first kappa shape index (κ1) is 14.8. The number of anilines is 1. The second kappa shape index (κ2) is 5.70. The molecule has 0 saturated heterocycles. The van der Waals surface area contributed by atoms with Crippen LogP contribution in [0.15, 0.2) is 59.4 Å². The summed E-state index contributed by atoms with van der Waals surface area (Å²) in [5.74, 6) is -0.300. The molecule has 0 radical (unpaired) electrons. The lowest BCUT2D eigenvalue weighted by Crippen LogP contribution is -2.14. The van der Waals surface area contributed by atoms with Gasteiger partial charge in [-0.15, -0.1) is 0 Å². The maximum absolute atomic E-state index is 12.6. The Balaban J connectivity index is 1.93. The fraction of sp³-hybridized carbons (Fsp3) is 0. The first-order valence-electron chi connectivity index (χ1n) is 7.18. The van der Waals surface area contributed by atoms with E-state index < -0.39 is 0 Å². The van der Waals surface area contributed by atoms with Crippen LogP contribution in [0.25, 0.3) is 16.6 Å². The topological polar surface area (TPSA) is 66.4 Å². The molecule has 2 heterocycles. The van der Waals surface area contributed by atoms with Crippen LogP contribution in [0, 0.1) is 3.95 Å². The van der Waals surface area contributed by atoms with Gasteiger partial charge in [0.25, 0.3) is 11.5 Å². The Morgan fingerprint density at radius 3 is 2.58 bits per heavy atom. The van der Waals surface area contributed by atoms with E-state index in [4.69, 9.17) is 12.2 Å². The number of para-hydroxylation sites is 2. The highest BCUT2D eigenvalue weighted by molar-refractivity contribution is 7.73. The highest BCUT2D eigenvalue weighted by Crippen LogP contribution is 2.23. The van der Waals surface area contributed by atoms with E-state index in [1.165, 1.54) is 11.3 Å². The van der Waals surface area contributed by atoms with Crippen LogP contribution in [0.4, 0.5) is 5.69 Å². The molecule has 1 amide bonds. The van der Waals surface area contributed by atoms with Crippen molar-refractivity contribution in [3.8, 4) is 0 Å². The number of thiazole rings is 1. The van der Waals surface area contributed by atoms with Gasteiger partial charge in [-0.05, 0) is 36.5 Å². The van der Waals surface area contributed by atoms with Crippen LogP contribution in [-0.4, -0.2) is 15.3 Å². The van der Waals surface area contributed by atoms with Crippen LogP contribution in [0.5, 0.6) is 0 Å².